The normalized spacial score (nSPS) is 19.1. The van der Waals surface area contributed by atoms with Gasteiger partial charge in [0.05, 0.1) is 0 Å². The summed E-state index contributed by atoms with van der Waals surface area (Å²) in [6.45, 7) is 28.3. The van der Waals surface area contributed by atoms with E-state index in [0.717, 1.165) is 12.8 Å². The highest BCUT2D eigenvalue weighted by atomic mass is 28.3. The molecule has 0 N–H and O–H groups in total. The third-order valence-electron chi connectivity index (χ3n) is 10.3. The molecule has 0 nitrogen and oxygen atoms in total. The Labute approximate surface area is 246 Å². The van der Waals surface area contributed by atoms with Gasteiger partial charge in [-0.05, 0) is 105 Å². The summed E-state index contributed by atoms with van der Waals surface area (Å²) in [6, 6.07) is 22.6. The number of aryl methyl sites for hydroxylation is 4. The number of rotatable bonds is 8. The van der Waals surface area contributed by atoms with Crippen LogP contribution in [0.3, 0.4) is 0 Å². The van der Waals surface area contributed by atoms with Gasteiger partial charge in [-0.15, -0.1) is 0 Å². The van der Waals surface area contributed by atoms with Gasteiger partial charge in [-0.25, -0.2) is 0 Å². The molecular formula is C39H52Si. The summed E-state index contributed by atoms with van der Waals surface area (Å²) in [5, 5.41) is 4.54. The molecule has 4 rings (SSSR count). The van der Waals surface area contributed by atoms with Crippen LogP contribution in [0.4, 0.5) is 0 Å². The quantitative estimate of drug-likeness (QED) is 0.194. The molecule has 3 aromatic rings. The van der Waals surface area contributed by atoms with E-state index in [1.165, 1.54) is 60.5 Å². The summed E-state index contributed by atoms with van der Waals surface area (Å²) in [5.74, 6) is 1.06. The third kappa shape index (κ3) is 5.00. The lowest BCUT2D eigenvalue weighted by Crippen LogP contribution is -2.73. The Morgan fingerprint density at radius 1 is 0.575 bits per heavy atom. The van der Waals surface area contributed by atoms with Gasteiger partial charge >= 0.3 is 0 Å². The first-order valence-corrected chi connectivity index (χ1v) is 17.5. The van der Waals surface area contributed by atoms with Gasteiger partial charge in [0, 0.05) is 5.04 Å². The first kappa shape index (κ1) is 30.3. The molecule has 0 spiro atoms. The Morgan fingerprint density at radius 2 is 0.950 bits per heavy atom. The van der Waals surface area contributed by atoms with Gasteiger partial charge in [-0.2, -0.15) is 0 Å². The Kier molecular flexibility index (Phi) is 8.58. The molecule has 1 aliphatic carbocycles. The Balaban J connectivity index is 2.32. The molecule has 0 amide bonds. The first-order valence-electron chi connectivity index (χ1n) is 15.5. The molecule has 0 fully saturated rings. The summed E-state index contributed by atoms with van der Waals surface area (Å²) in [4.78, 5) is 0. The highest BCUT2D eigenvalue weighted by Crippen LogP contribution is 2.53. The van der Waals surface area contributed by atoms with Gasteiger partial charge in [0.1, 0.15) is 0 Å². The molecule has 0 radical (unpaired) electrons. The van der Waals surface area contributed by atoms with Crippen LogP contribution in [0.15, 0.2) is 77.4 Å². The van der Waals surface area contributed by atoms with E-state index in [1.54, 1.807) is 5.19 Å². The molecule has 0 heterocycles. The van der Waals surface area contributed by atoms with E-state index in [9.17, 15) is 0 Å². The standard InChI is InChI=1S/C39H52Si/c1-13-29(7)34-21-35(30(8)14-2)23-38(22-34)40(36-17-25(3)15-26(4)18-36,37-19-27(5)16-28(6)20-37)39(12)24-31(9)32(10)33(39)11/h15-24,29-30H,13-14H2,1-12H3. The lowest BCUT2D eigenvalue weighted by Gasteiger charge is -2.48. The van der Waals surface area contributed by atoms with Crippen LogP contribution in [0.2, 0.25) is 5.04 Å². The van der Waals surface area contributed by atoms with Crippen LogP contribution < -0.4 is 15.6 Å². The smallest absolute Gasteiger partial charge is 0.0730 e. The number of hydrogen-bond donors (Lipinski definition) is 0. The van der Waals surface area contributed by atoms with Crippen molar-refractivity contribution < 1.29 is 0 Å². The zero-order valence-electron chi connectivity index (χ0n) is 27.3. The summed E-state index contributed by atoms with van der Waals surface area (Å²) >= 11 is 0. The Morgan fingerprint density at radius 3 is 1.27 bits per heavy atom. The molecular weight excluding hydrogens is 497 g/mol. The fraction of sp³-hybridized carbons (Fsp3) is 0.436. The Hall–Kier alpha value is -2.64. The maximum atomic E-state index is 2.65. The van der Waals surface area contributed by atoms with Crippen LogP contribution in [0.1, 0.15) is 113 Å². The maximum absolute atomic E-state index is 2.70. The largest absolute Gasteiger partial charge is 0.161 e. The van der Waals surface area contributed by atoms with E-state index < -0.39 is 8.07 Å². The van der Waals surface area contributed by atoms with Gasteiger partial charge in [-0.3, -0.25) is 0 Å². The highest BCUT2D eigenvalue weighted by molar-refractivity contribution is 7.14. The van der Waals surface area contributed by atoms with E-state index in [4.69, 9.17) is 0 Å². The molecule has 0 aromatic heterocycles. The summed E-state index contributed by atoms with van der Waals surface area (Å²) < 4.78 is 0. The topological polar surface area (TPSA) is 0 Å². The van der Waals surface area contributed by atoms with Crippen LogP contribution in [0.5, 0.6) is 0 Å². The van der Waals surface area contributed by atoms with Crippen LogP contribution in [-0.4, -0.2) is 8.07 Å². The maximum Gasteiger partial charge on any atom is 0.161 e. The van der Waals surface area contributed by atoms with Crippen molar-refractivity contribution in [3.05, 3.63) is 111 Å². The Bertz CT molecular complexity index is 1360. The van der Waals surface area contributed by atoms with E-state index >= 15 is 0 Å². The van der Waals surface area contributed by atoms with E-state index in [1.807, 2.05) is 0 Å². The zero-order valence-corrected chi connectivity index (χ0v) is 28.3. The van der Waals surface area contributed by atoms with Gasteiger partial charge in [0.25, 0.3) is 0 Å². The fourth-order valence-electron chi connectivity index (χ4n) is 7.44. The van der Waals surface area contributed by atoms with E-state index in [0.29, 0.717) is 11.8 Å². The summed E-state index contributed by atoms with van der Waals surface area (Å²) in [5.41, 5.74) is 12.9. The summed E-state index contributed by atoms with van der Waals surface area (Å²) in [7, 11) is -2.70. The molecule has 0 saturated heterocycles. The van der Waals surface area contributed by atoms with Crippen molar-refractivity contribution >= 4 is 23.6 Å². The van der Waals surface area contributed by atoms with Crippen LogP contribution in [0.25, 0.3) is 0 Å². The van der Waals surface area contributed by atoms with Crippen molar-refractivity contribution in [3.63, 3.8) is 0 Å². The first-order chi connectivity index (χ1) is 18.8. The number of hydrogen-bond acceptors (Lipinski definition) is 0. The number of benzene rings is 3. The van der Waals surface area contributed by atoms with Crippen LogP contribution in [0, 0.1) is 27.7 Å². The van der Waals surface area contributed by atoms with Gasteiger partial charge in [-0.1, -0.05) is 129 Å². The lowest BCUT2D eigenvalue weighted by molar-refractivity contribution is 0.712. The molecule has 1 heteroatoms. The molecule has 0 aliphatic heterocycles. The molecule has 1 aliphatic rings. The van der Waals surface area contributed by atoms with Crippen molar-refractivity contribution in [1.82, 2.24) is 0 Å². The minimum Gasteiger partial charge on any atom is -0.0730 e. The van der Waals surface area contributed by atoms with E-state index in [2.05, 4.69) is 144 Å². The molecule has 3 unspecified atom stereocenters. The minimum atomic E-state index is -2.70. The van der Waals surface area contributed by atoms with Crippen molar-refractivity contribution in [2.24, 2.45) is 0 Å². The van der Waals surface area contributed by atoms with Crippen LogP contribution in [-0.2, 0) is 0 Å². The molecule has 40 heavy (non-hydrogen) atoms. The zero-order chi connectivity index (χ0) is 29.6. The molecule has 0 bridgehead atoms. The predicted molar refractivity (Wildman–Crippen MR) is 181 cm³/mol. The molecule has 3 aromatic carbocycles. The van der Waals surface area contributed by atoms with Gasteiger partial charge < -0.3 is 0 Å². The summed E-state index contributed by atoms with van der Waals surface area (Å²) in [6.07, 6.45) is 4.96. The van der Waals surface area contributed by atoms with Crippen molar-refractivity contribution in [2.45, 2.75) is 113 Å². The van der Waals surface area contributed by atoms with Crippen LogP contribution >= 0.6 is 0 Å². The SMILES string of the molecule is CCC(C)c1cc(C(C)CC)cc([Si](c2cc(C)cc(C)c2)(c2cc(C)cc(C)c2)C2(C)C=C(C)C(C)=C2C)c1. The van der Waals surface area contributed by atoms with Crippen molar-refractivity contribution in [3.8, 4) is 0 Å². The molecule has 3 atom stereocenters. The van der Waals surface area contributed by atoms with Gasteiger partial charge in [0.2, 0.25) is 0 Å². The highest BCUT2D eigenvalue weighted by Gasteiger charge is 2.56. The second kappa shape index (κ2) is 11.3. The second-order valence-electron chi connectivity index (χ2n) is 13.3. The second-order valence-corrected chi connectivity index (χ2v) is 17.6. The number of allylic oxidation sites excluding steroid dienone is 4. The van der Waals surface area contributed by atoms with Crippen molar-refractivity contribution in [1.29, 1.82) is 0 Å². The monoisotopic (exact) mass is 548 g/mol. The third-order valence-corrected chi connectivity index (χ3v) is 15.8. The van der Waals surface area contributed by atoms with Gasteiger partial charge in [0.15, 0.2) is 8.07 Å². The molecule has 212 valence electrons. The van der Waals surface area contributed by atoms with E-state index in [-0.39, 0.29) is 5.04 Å². The average molecular weight is 549 g/mol. The molecule has 0 saturated carbocycles. The lowest BCUT2D eigenvalue weighted by atomic mass is 9.92. The predicted octanol–water partition coefficient (Wildman–Crippen LogP) is 9.47. The fourth-order valence-corrected chi connectivity index (χ4v) is 14.0. The average Bonchev–Trinajstić information content (AvgIpc) is 3.09. The van der Waals surface area contributed by atoms with Crippen molar-refractivity contribution in [2.75, 3.05) is 0 Å². The minimum absolute atomic E-state index is 0.0948.